The molecule has 0 saturated carbocycles. The van der Waals surface area contributed by atoms with E-state index in [1.807, 2.05) is 12.1 Å². The van der Waals surface area contributed by atoms with Crippen molar-refractivity contribution >= 4 is 11.6 Å². The molecule has 0 radical (unpaired) electrons. The second-order valence-corrected chi connectivity index (χ2v) is 7.61. The van der Waals surface area contributed by atoms with E-state index in [1.54, 1.807) is 24.3 Å². The molecule has 28 heavy (non-hydrogen) atoms. The fourth-order valence-electron chi connectivity index (χ4n) is 2.98. The maximum absolute atomic E-state index is 13.1. The molecule has 7 heteroatoms. The van der Waals surface area contributed by atoms with Crippen LogP contribution < -0.4 is 0 Å². The van der Waals surface area contributed by atoms with Crippen molar-refractivity contribution in [3.8, 4) is 11.4 Å². The lowest BCUT2D eigenvalue weighted by Crippen LogP contribution is -2.31. The van der Waals surface area contributed by atoms with Gasteiger partial charge in [-0.15, -0.1) is 0 Å². The lowest BCUT2D eigenvalue weighted by molar-refractivity contribution is 0.0946. The van der Waals surface area contributed by atoms with Gasteiger partial charge in [0.2, 0.25) is 11.7 Å². The van der Waals surface area contributed by atoms with E-state index < -0.39 is 6.10 Å². The molecule has 0 aliphatic carbocycles. The molecule has 148 valence electrons. The highest BCUT2D eigenvalue weighted by molar-refractivity contribution is 6.30. The van der Waals surface area contributed by atoms with Crippen molar-refractivity contribution in [1.29, 1.82) is 0 Å². The van der Waals surface area contributed by atoms with Gasteiger partial charge in [0.25, 0.3) is 0 Å². The van der Waals surface area contributed by atoms with Gasteiger partial charge in [-0.25, -0.2) is 4.39 Å². The number of aliphatic hydroxyl groups excluding tert-OH is 1. The Labute approximate surface area is 168 Å². The van der Waals surface area contributed by atoms with E-state index in [-0.39, 0.29) is 5.82 Å². The summed E-state index contributed by atoms with van der Waals surface area (Å²) in [5.74, 6) is 1.03. The molecular weight excluding hydrogens is 381 g/mol. The number of benzene rings is 2. The zero-order valence-corrected chi connectivity index (χ0v) is 16.6. The molecular formula is C21H23ClFN3O2. The van der Waals surface area contributed by atoms with Gasteiger partial charge in [0.15, 0.2) is 0 Å². The van der Waals surface area contributed by atoms with Gasteiger partial charge in [-0.1, -0.05) is 42.7 Å². The first-order chi connectivity index (χ1) is 13.4. The van der Waals surface area contributed by atoms with Crippen molar-refractivity contribution in [3.05, 3.63) is 70.8 Å². The summed E-state index contributed by atoms with van der Waals surface area (Å²) in [5, 5.41) is 15.2. The highest BCUT2D eigenvalue weighted by atomic mass is 35.5. The van der Waals surface area contributed by atoms with Crippen molar-refractivity contribution in [2.45, 2.75) is 26.5 Å². The van der Waals surface area contributed by atoms with Crippen molar-refractivity contribution in [3.63, 3.8) is 0 Å². The van der Waals surface area contributed by atoms with Crippen LogP contribution in [0.1, 0.15) is 31.4 Å². The Balaban J connectivity index is 1.70. The summed E-state index contributed by atoms with van der Waals surface area (Å²) in [6, 6.07) is 13.1. The number of hydrogen-bond donors (Lipinski definition) is 1. The Bertz CT molecular complexity index is 881. The Morgan fingerprint density at radius 2 is 1.75 bits per heavy atom. The molecule has 0 spiro atoms. The number of aliphatic hydroxyl groups is 1. The van der Waals surface area contributed by atoms with E-state index in [0.717, 1.165) is 12.1 Å². The summed E-state index contributed by atoms with van der Waals surface area (Å²) in [5.41, 5.74) is 1.49. The van der Waals surface area contributed by atoms with Gasteiger partial charge in [-0.3, -0.25) is 4.90 Å². The average molecular weight is 404 g/mol. The third-order valence-corrected chi connectivity index (χ3v) is 4.49. The Kier molecular flexibility index (Phi) is 6.78. The maximum atomic E-state index is 13.1. The minimum absolute atomic E-state index is 0.324. The first kappa shape index (κ1) is 20.5. The summed E-state index contributed by atoms with van der Waals surface area (Å²) in [7, 11) is 0. The van der Waals surface area contributed by atoms with E-state index in [0.29, 0.717) is 41.3 Å². The smallest absolute Gasteiger partial charge is 0.241 e. The average Bonchev–Trinajstić information content (AvgIpc) is 3.10. The molecule has 0 amide bonds. The first-order valence-corrected chi connectivity index (χ1v) is 9.53. The van der Waals surface area contributed by atoms with Crippen LogP contribution in [0.5, 0.6) is 0 Å². The standard InChI is InChI=1S/C21H23ClFN3O2/c1-14(2)11-26(12-19(27)15-5-9-18(23)10-6-15)13-20-24-21(25-28-20)16-3-7-17(22)8-4-16/h3-10,14,19,27H,11-13H2,1-2H3. The van der Waals surface area contributed by atoms with Gasteiger partial charge >= 0.3 is 0 Å². The summed E-state index contributed by atoms with van der Waals surface area (Å²) in [6.07, 6.45) is -0.738. The molecule has 0 saturated heterocycles. The van der Waals surface area contributed by atoms with Crippen molar-refractivity contribution in [2.75, 3.05) is 13.1 Å². The van der Waals surface area contributed by atoms with Crippen molar-refractivity contribution in [2.24, 2.45) is 5.92 Å². The van der Waals surface area contributed by atoms with E-state index in [2.05, 4.69) is 28.9 Å². The topological polar surface area (TPSA) is 62.4 Å². The quantitative estimate of drug-likeness (QED) is 0.589. The lowest BCUT2D eigenvalue weighted by Gasteiger charge is -2.25. The van der Waals surface area contributed by atoms with Crippen LogP contribution in [-0.2, 0) is 6.54 Å². The number of rotatable bonds is 8. The number of aromatic nitrogens is 2. The van der Waals surface area contributed by atoms with Gasteiger partial charge in [0.1, 0.15) is 5.82 Å². The van der Waals surface area contributed by atoms with Crippen LogP contribution in [0, 0.1) is 11.7 Å². The number of nitrogens with zero attached hydrogens (tertiary/aromatic N) is 3. The Morgan fingerprint density at radius 3 is 2.39 bits per heavy atom. The minimum atomic E-state index is -0.738. The Hall–Kier alpha value is -2.28. The van der Waals surface area contributed by atoms with Gasteiger partial charge in [-0.05, 0) is 47.9 Å². The van der Waals surface area contributed by atoms with Crippen LogP contribution >= 0.6 is 11.6 Å². The molecule has 1 N–H and O–H groups in total. The summed E-state index contributed by atoms with van der Waals surface area (Å²) in [4.78, 5) is 6.51. The summed E-state index contributed by atoms with van der Waals surface area (Å²) >= 11 is 5.91. The highest BCUT2D eigenvalue weighted by Crippen LogP contribution is 2.21. The second-order valence-electron chi connectivity index (χ2n) is 7.17. The van der Waals surface area contributed by atoms with Gasteiger partial charge in [-0.2, -0.15) is 4.98 Å². The predicted octanol–water partition coefficient (Wildman–Crippen LogP) is 4.72. The molecule has 1 heterocycles. The molecule has 0 aliphatic heterocycles. The summed E-state index contributed by atoms with van der Waals surface area (Å²) < 4.78 is 18.5. The number of hydrogen-bond acceptors (Lipinski definition) is 5. The Morgan fingerprint density at radius 1 is 1.07 bits per heavy atom. The summed E-state index contributed by atoms with van der Waals surface area (Å²) in [6.45, 7) is 5.74. The number of halogens is 2. The third-order valence-electron chi connectivity index (χ3n) is 4.24. The molecule has 3 rings (SSSR count). The van der Waals surface area contributed by atoms with Crippen LogP contribution in [-0.4, -0.2) is 33.2 Å². The third kappa shape index (κ3) is 5.61. The minimum Gasteiger partial charge on any atom is -0.387 e. The van der Waals surface area contributed by atoms with E-state index >= 15 is 0 Å². The molecule has 0 bridgehead atoms. The maximum Gasteiger partial charge on any atom is 0.241 e. The van der Waals surface area contributed by atoms with Gasteiger partial charge in [0, 0.05) is 23.7 Å². The van der Waals surface area contributed by atoms with Gasteiger partial charge < -0.3 is 9.63 Å². The molecule has 3 aromatic rings. The van der Waals surface area contributed by atoms with Crippen LogP contribution in [0.2, 0.25) is 5.02 Å². The van der Waals surface area contributed by atoms with Crippen LogP contribution in [0.4, 0.5) is 4.39 Å². The lowest BCUT2D eigenvalue weighted by atomic mass is 10.1. The largest absolute Gasteiger partial charge is 0.387 e. The molecule has 5 nitrogen and oxygen atoms in total. The highest BCUT2D eigenvalue weighted by Gasteiger charge is 2.18. The van der Waals surface area contributed by atoms with Crippen LogP contribution in [0.3, 0.4) is 0 Å². The fourth-order valence-corrected chi connectivity index (χ4v) is 3.11. The second kappa shape index (κ2) is 9.28. The van der Waals surface area contributed by atoms with Gasteiger partial charge in [0.05, 0.1) is 12.6 Å². The van der Waals surface area contributed by atoms with E-state index in [9.17, 15) is 9.50 Å². The molecule has 0 fully saturated rings. The van der Waals surface area contributed by atoms with Crippen LogP contribution in [0.15, 0.2) is 53.1 Å². The molecule has 1 aromatic heterocycles. The predicted molar refractivity (Wildman–Crippen MR) is 106 cm³/mol. The monoisotopic (exact) mass is 403 g/mol. The van der Waals surface area contributed by atoms with Crippen molar-refractivity contribution in [1.82, 2.24) is 15.0 Å². The van der Waals surface area contributed by atoms with Crippen LogP contribution in [0.25, 0.3) is 11.4 Å². The SMILES string of the molecule is CC(C)CN(Cc1nc(-c2ccc(Cl)cc2)no1)CC(O)c1ccc(F)cc1. The molecule has 1 unspecified atom stereocenters. The molecule has 1 atom stereocenters. The zero-order chi connectivity index (χ0) is 20.1. The fraction of sp³-hybridized carbons (Fsp3) is 0.333. The first-order valence-electron chi connectivity index (χ1n) is 9.15. The zero-order valence-electron chi connectivity index (χ0n) is 15.8. The van der Waals surface area contributed by atoms with E-state index in [4.69, 9.17) is 16.1 Å². The van der Waals surface area contributed by atoms with E-state index in [1.165, 1.54) is 12.1 Å². The van der Waals surface area contributed by atoms with Crippen molar-refractivity contribution < 1.29 is 14.0 Å². The molecule has 2 aromatic carbocycles. The molecule has 0 aliphatic rings. The normalized spacial score (nSPS) is 12.7.